The minimum absolute atomic E-state index is 0.0445. The highest BCUT2D eigenvalue weighted by molar-refractivity contribution is 6.21. The molecule has 0 unspecified atom stereocenters. The Hall–Kier alpha value is -3.61. The zero-order valence-corrected chi connectivity index (χ0v) is 16.7. The van der Waals surface area contributed by atoms with Crippen LogP contribution >= 0.6 is 0 Å². The van der Waals surface area contributed by atoms with Crippen LogP contribution < -0.4 is 10.1 Å². The van der Waals surface area contributed by atoms with Gasteiger partial charge in [-0.25, -0.2) is 0 Å². The maximum atomic E-state index is 12.4. The van der Waals surface area contributed by atoms with E-state index in [-0.39, 0.29) is 17.7 Å². The van der Waals surface area contributed by atoms with Crippen LogP contribution in [0, 0.1) is 0 Å². The third-order valence-corrected chi connectivity index (χ3v) is 5.18. The van der Waals surface area contributed by atoms with Crippen molar-refractivity contribution in [3.05, 3.63) is 65.4 Å². The molecule has 7 nitrogen and oxygen atoms in total. The standard InChI is InChI=1S/C23H23N3O4/c1-15(27)24-10-9-16-14-25-21-8-7-17(13-20(16)21)30-12-4-11-26-22(28)18-5-2-3-6-19(18)23(26)29/h2-3,5-8,13-14,25H,4,9-12H2,1H3,(H,24,27). The number of amides is 3. The van der Waals surface area contributed by atoms with Crippen molar-refractivity contribution >= 4 is 28.6 Å². The Morgan fingerprint density at radius 3 is 2.53 bits per heavy atom. The van der Waals surface area contributed by atoms with Gasteiger partial charge in [-0.2, -0.15) is 0 Å². The highest BCUT2D eigenvalue weighted by Gasteiger charge is 2.34. The monoisotopic (exact) mass is 405 g/mol. The predicted octanol–water partition coefficient (Wildman–Crippen LogP) is 2.91. The molecule has 0 fully saturated rings. The fraction of sp³-hybridized carbons (Fsp3) is 0.261. The molecule has 2 aromatic carbocycles. The smallest absolute Gasteiger partial charge is 0.261 e. The zero-order valence-electron chi connectivity index (χ0n) is 16.7. The molecule has 0 spiro atoms. The molecule has 7 heteroatoms. The maximum absolute atomic E-state index is 12.4. The molecule has 154 valence electrons. The first-order chi connectivity index (χ1) is 14.5. The van der Waals surface area contributed by atoms with E-state index in [0.29, 0.717) is 37.2 Å². The summed E-state index contributed by atoms with van der Waals surface area (Å²) in [6, 6.07) is 12.7. The van der Waals surface area contributed by atoms with E-state index in [2.05, 4.69) is 10.3 Å². The van der Waals surface area contributed by atoms with E-state index < -0.39 is 0 Å². The number of aromatic nitrogens is 1. The van der Waals surface area contributed by atoms with E-state index >= 15 is 0 Å². The Bertz CT molecular complexity index is 1080. The quantitative estimate of drug-likeness (QED) is 0.445. The van der Waals surface area contributed by atoms with Gasteiger partial charge in [0.15, 0.2) is 0 Å². The number of aromatic amines is 1. The molecule has 3 amide bonds. The van der Waals surface area contributed by atoms with Crippen molar-refractivity contribution in [1.29, 1.82) is 0 Å². The molecule has 4 rings (SSSR count). The van der Waals surface area contributed by atoms with Crippen LogP contribution in [0.1, 0.15) is 39.6 Å². The van der Waals surface area contributed by atoms with Gasteiger partial charge in [0.1, 0.15) is 5.75 Å². The molecule has 1 aliphatic heterocycles. The van der Waals surface area contributed by atoms with Crippen molar-refractivity contribution in [1.82, 2.24) is 15.2 Å². The van der Waals surface area contributed by atoms with Gasteiger partial charge in [0.25, 0.3) is 11.8 Å². The van der Waals surface area contributed by atoms with Gasteiger partial charge in [-0.1, -0.05) is 12.1 Å². The first kappa shape index (κ1) is 19.7. The number of carbonyl (C=O) groups excluding carboxylic acids is 3. The number of benzene rings is 2. The lowest BCUT2D eigenvalue weighted by molar-refractivity contribution is -0.118. The summed E-state index contributed by atoms with van der Waals surface area (Å²) in [5.41, 5.74) is 3.04. The van der Waals surface area contributed by atoms with Gasteiger partial charge in [-0.15, -0.1) is 0 Å². The first-order valence-corrected chi connectivity index (χ1v) is 9.97. The average Bonchev–Trinajstić information content (AvgIpc) is 3.25. The molecule has 2 N–H and O–H groups in total. The molecule has 0 aliphatic carbocycles. The van der Waals surface area contributed by atoms with E-state index in [0.717, 1.165) is 28.6 Å². The second kappa shape index (κ2) is 8.41. The fourth-order valence-corrected chi connectivity index (χ4v) is 3.68. The summed E-state index contributed by atoms with van der Waals surface area (Å²) in [5.74, 6) is 0.198. The molecule has 3 aromatic rings. The number of nitrogens with one attached hydrogen (secondary N) is 2. The summed E-state index contributed by atoms with van der Waals surface area (Å²) in [4.78, 5) is 40.3. The van der Waals surface area contributed by atoms with Gasteiger partial charge < -0.3 is 15.0 Å². The normalized spacial score (nSPS) is 13.0. The van der Waals surface area contributed by atoms with Crippen molar-refractivity contribution in [2.24, 2.45) is 0 Å². The number of hydrogen-bond donors (Lipinski definition) is 2. The topological polar surface area (TPSA) is 91.5 Å². The molecule has 1 aliphatic rings. The molecule has 0 radical (unpaired) electrons. The van der Waals surface area contributed by atoms with E-state index in [9.17, 15) is 14.4 Å². The maximum Gasteiger partial charge on any atom is 0.261 e. The number of imide groups is 1. The van der Waals surface area contributed by atoms with Crippen LogP contribution in [0.2, 0.25) is 0 Å². The number of hydrogen-bond acceptors (Lipinski definition) is 4. The molecule has 0 saturated carbocycles. The van der Waals surface area contributed by atoms with Gasteiger partial charge in [-0.05, 0) is 48.7 Å². The number of ether oxygens (including phenoxy) is 1. The SMILES string of the molecule is CC(=O)NCCc1c[nH]c2ccc(OCCCN3C(=O)c4ccccc4C3=O)cc12. The molecule has 30 heavy (non-hydrogen) atoms. The summed E-state index contributed by atoms with van der Waals surface area (Å²) < 4.78 is 5.86. The number of fused-ring (bicyclic) bond motifs is 2. The lowest BCUT2D eigenvalue weighted by Crippen LogP contribution is -2.31. The van der Waals surface area contributed by atoms with Crippen LogP contribution in [-0.2, 0) is 11.2 Å². The van der Waals surface area contributed by atoms with E-state index in [1.807, 2.05) is 24.4 Å². The second-order valence-electron chi connectivity index (χ2n) is 7.26. The molecule has 2 heterocycles. The van der Waals surface area contributed by atoms with Crippen molar-refractivity contribution in [3.63, 3.8) is 0 Å². The molecule has 0 atom stereocenters. The van der Waals surface area contributed by atoms with Crippen LogP contribution in [-0.4, -0.2) is 47.3 Å². The summed E-state index contributed by atoms with van der Waals surface area (Å²) in [7, 11) is 0. The third kappa shape index (κ3) is 3.91. The lowest BCUT2D eigenvalue weighted by Gasteiger charge is -2.14. The average molecular weight is 405 g/mol. The third-order valence-electron chi connectivity index (χ3n) is 5.18. The van der Waals surface area contributed by atoms with Gasteiger partial charge in [0.05, 0.1) is 17.7 Å². The summed E-state index contributed by atoms with van der Waals surface area (Å²) in [5, 5.41) is 3.86. The van der Waals surface area contributed by atoms with Crippen molar-refractivity contribution < 1.29 is 19.1 Å². The first-order valence-electron chi connectivity index (χ1n) is 9.97. The van der Waals surface area contributed by atoms with Gasteiger partial charge in [0, 0.05) is 37.1 Å². The Morgan fingerprint density at radius 1 is 1.10 bits per heavy atom. The van der Waals surface area contributed by atoms with E-state index in [1.165, 1.54) is 11.8 Å². The van der Waals surface area contributed by atoms with Gasteiger partial charge in [-0.3, -0.25) is 19.3 Å². The largest absolute Gasteiger partial charge is 0.494 e. The zero-order chi connectivity index (χ0) is 21.1. The lowest BCUT2D eigenvalue weighted by atomic mass is 10.1. The van der Waals surface area contributed by atoms with Crippen molar-refractivity contribution in [2.75, 3.05) is 19.7 Å². The molecule has 0 bridgehead atoms. The number of nitrogens with zero attached hydrogens (tertiary/aromatic N) is 1. The van der Waals surface area contributed by atoms with Crippen LogP contribution in [0.3, 0.4) is 0 Å². The number of rotatable bonds is 8. The summed E-state index contributed by atoms with van der Waals surface area (Å²) in [6.45, 7) is 2.79. The van der Waals surface area contributed by atoms with Crippen LogP contribution in [0.25, 0.3) is 10.9 Å². The van der Waals surface area contributed by atoms with E-state index in [4.69, 9.17) is 4.74 Å². The van der Waals surface area contributed by atoms with Crippen molar-refractivity contribution in [2.45, 2.75) is 19.8 Å². The van der Waals surface area contributed by atoms with Crippen molar-refractivity contribution in [3.8, 4) is 5.75 Å². The Labute approximate surface area is 174 Å². The summed E-state index contributed by atoms with van der Waals surface area (Å²) in [6.07, 6.45) is 3.22. The summed E-state index contributed by atoms with van der Waals surface area (Å²) >= 11 is 0. The molecular formula is C23H23N3O4. The van der Waals surface area contributed by atoms with E-state index in [1.54, 1.807) is 24.3 Å². The van der Waals surface area contributed by atoms with Crippen LogP contribution in [0.5, 0.6) is 5.75 Å². The van der Waals surface area contributed by atoms with Crippen LogP contribution in [0.4, 0.5) is 0 Å². The second-order valence-corrected chi connectivity index (χ2v) is 7.26. The molecule has 0 saturated heterocycles. The van der Waals surface area contributed by atoms with Gasteiger partial charge in [0.2, 0.25) is 5.91 Å². The highest BCUT2D eigenvalue weighted by Crippen LogP contribution is 2.25. The highest BCUT2D eigenvalue weighted by atomic mass is 16.5. The minimum Gasteiger partial charge on any atom is -0.494 e. The number of carbonyl (C=O) groups is 3. The molecule has 1 aromatic heterocycles. The predicted molar refractivity (Wildman–Crippen MR) is 113 cm³/mol. The minimum atomic E-state index is -0.242. The Balaban J connectivity index is 1.33. The Kier molecular flexibility index (Phi) is 5.52. The van der Waals surface area contributed by atoms with Gasteiger partial charge >= 0.3 is 0 Å². The Morgan fingerprint density at radius 2 is 1.83 bits per heavy atom. The fourth-order valence-electron chi connectivity index (χ4n) is 3.68. The number of H-pyrrole nitrogens is 1. The molecular weight excluding hydrogens is 382 g/mol. The van der Waals surface area contributed by atoms with Crippen LogP contribution in [0.15, 0.2) is 48.7 Å².